The molecule has 0 rings (SSSR count). The van der Waals surface area contributed by atoms with Gasteiger partial charge in [0.25, 0.3) is 0 Å². The number of hydrogen-bond acceptors (Lipinski definition) is 10. The second-order valence-electron chi connectivity index (χ2n) is 0.816. The molecule has 0 spiro atoms. The van der Waals surface area contributed by atoms with Crippen LogP contribution in [0.2, 0.25) is 0 Å². The van der Waals surface area contributed by atoms with E-state index in [-0.39, 0.29) is 21.7 Å². The third kappa shape index (κ3) is 9510. The van der Waals surface area contributed by atoms with E-state index >= 15 is 0 Å². The van der Waals surface area contributed by atoms with Crippen molar-refractivity contribution in [1.29, 1.82) is 0 Å². The molecule has 10 nitrogen and oxygen atoms in total. The summed E-state index contributed by atoms with van der Waals surface area (Å²) in [6.45, 7) is 0. The molecule has 78 valence electrons. The molecular weight excluding hydrogens is 272 g/mol. The molecule has 2 N–H and O–H groups in total. The summed E-state index contributed by atoms with van der Waals surface area (Å²) in [7, 11) is -10.3. The van der Waals surface area contributed by atoms with Gasteiger partial charge in [-0.05, 0) is 0 Å². The zero-order chi connectivity index (χ0) is 11.0. The maximum atomic E-state index is 8.52. The summed E-state index contributed by atoms with van der Waals surface area (Å²) < 4.78 is 68.2. The van der Waals surface area contributed by atoms with Gasteiger partial charge in [0.05, 0.1) is 0 Å². The Morgan fingerprint density at radius 3 is 0.692 bits per heavy atom. The van der Waals surface area contributed by atoms with E-state index in [0.717, 1.165) is 0 Å². The Kier molecular flexibility index (Phi) is 18.7. The van der Waals surface area contributed by atoms with Crippen LogP contribution in [-0.2, 0) is 42.5 Å². The van der Waals surface area contributed by atoms with E-state index in [4.69, 9.17) is 45.6 Å². The fourth-order valence-corrected chi connectivity index (χ4v) is 0. The van der Waals surface area contributed by atoms with Crippen molar-refractivity contribution < 1.29 is 67.3 Å². The van der Waals surface area contributed by atoms with Gasteiger partial charge in [-0.3, -0.25) is 27.4 Å². The normalized spacial score (nSPS) is 9.38. The maximum Gasteiger partial charge on any atom is 4.00 e. The molecule has 0 aliphatic rings. The minimum absolute atomic E-state index is 0. The second-order valence-corrected chi connectivity index (χ2v) is 2.45. The summed E-state index contributed by atoms with van der Waals surface area (Å²) in [5, 5.41) is 12.0. The minimum Gasteiger partial charge on any atom is -0.759 e. The van der Waals surface area contributed by atoms with Crippen molar-refractivity contribution in [3.63, 3.8) is 0 Å². The zero-order valence-corrected chi connectivity index (χ0v) is 8.67. The Morgan fingerprint density at radius 1 is 0.692 bits per heavy atom. The molecule has 0 heterocycles. The fraction of sp³-hybridized carbons (Fsp3) is 0. The minimum atomic E-state index is -5.17. The Hall–Kier alpha value is 0.374. The van der Waals surface area contributed by atoms with E-state index < -0.39 is 20.8 Å². The molecule has 13 heteroatoms. The monoisotopic (exact) mass is 274 g/mol. The van der Waals surface area contributed by atoms with Gasteiger partial charge in [0.2, 0.25) is 0 Å². The molecule has 0 amide bonds. The van der Waals surface area contributed by atoms with E-state index in [1.165, 1.54) is 0 Å². The average Bonchev–Trinajstić information content (AvgIpc) is 1.59. The molecule has 0 saturated heterocycles. The van der Waals surface area contributed by atoms with Crippen molar-refractivity contribution in [2.24, 2.45) is 0 Å². The van der Waals surface area contributed by atoms with Crippen LogP contribution in [0.5, 0.6) is 0 Å². The first kappa shape index (κ1) is 23.3. The van der Waals surface area contributed by atoms with Crippen molar-refractivity contribution in [3.8, 4) is 0 Å². The number of hydrogen-bond donors (Lipinski definition) is 2. The van der Waals surface area contributed by atoms with E-state index in [2.05, 4.69) is 0 Å². The predicted octanol–water partition coefficient (Wildman–Crippen LogP) is -2.66. The largest absolute Gasteiger partial charge is 4.00 e. The van der Waals surface area contributed by atoms with Crippen LogP contribution in [0.4, 0.5) is 0 Å². The van der Waals surface area contributed by atoms with Gasteiger partial charge >= 0.3 is 21.7 Å². The van der Waals surface area contributed by atoms with Crippen molar-refractivity contribution in [3.05, 3.63) is 0 Å². The fourth-order valence-electron chi connectivity index (χ4n) is 0. The van der Waals surface area contributed by atoms with Crippen LogP contribution in [0.1, 0.15) is 0 Å². The molecule has 13 heavy (non-hydrogen) atoms. The van der Waals surface area contributed by atoms with Crippen molar-refractivity contribution in [2.75, 3.05) is 0 Å². The molecule has 0 aromatic rings. The first-order valence-corrected chi connectivity index (χ1v) is 4.20. The summed E-state index contributed by atoms with van der Waals surface area (Å²) in [4.78, 5) is 0. The van der Waals surface area contributed by atoms with Crippen LogP contribution >= 0.6 is 0 Å². The molecule has 0 bridgehead atoms. The van der Waals surface area contributed by atoms with Crippen LogP contribution < -0.4 is 0 Å². The zero-order valence-electron chi connectivity index (χ0n) is 5.48. The molecule has 0 aliphatic carbocycles. The van der Waals surface area contributed by atoms with Crippen molar-refractivity contribution in [1.82, 2.24) is 0 Å². The summed E-state index contributed by atoms with van der Waals surface area (Å²) in [6.07, 6.45) is 0. The summed E-state index contributed by atoms with van der Waals surface area (Å²) in [6, 6.07) is 0. The Balaban J connectivity index is -0.0000000491. The van der Waals surface area contributed by atoms with Gasteiger partial charge in [-0.1, -0.05) is 0 Å². The Bertz CT molecular complexity index is 209. The quantitative estimate of drug-likeness (QED) is 0.154. The molecule has 0 fully saturated rings. The third-order valence-electron chi connectivity index (χ3n) is 0. The van der Waals surface area contributed by atoms with E-state index in [9.17, 15) is 0 Å². The van der Waals surface area contributed by atoms with E-state index in [1.807, 2.05) is 0 Å². The maximum absolute atomic E-state index is 8.52. The molecule has 0 aromatic heterocycles. The van der Waals surface area contributed by atoms with Gasteiger partial charge < -0.3 is 18.2 Å². The van der Waals surface area contributed by atoms with Crippen LogP contribution in [0, 0.1) is 0 Å². The Morgan fingerprint density at radius 2 is 0.692 bits per heavy atom. The van der Waals surface area contributed by atoms with Crippen LogP contribution in [0.15, 0.2) is 0 Å². The topological polar surface area (TPSA) is 201 Å². The molecule has 0 saturated carbocycles. The van der Waals surface area contributed by atoms with Crippen LogP contribution in [-0.4, -0.2) is 45.6 Å². The SMILES string of the molecule is O=S(=O)([O-])[O-].O=S(=O)([O-])[O-].OO.[Ti+4]. The molecule has 0 unspecified atom stereocenters. The van der Waals surface area contributed by atoms with Crippen molar-refractivity contribution in [2.45, 2.75) is 0 Å². The standard InChI is InChI=1S/2H2O4S.H2O2.Ti/c2*1-5(2,3)4;1-2;/h2*(H2,1,2,3,4);1-2H;/q;;;+4/p-4. The summed E-state index contributed by atoms with van der Waals surface area (Å²) in [5.41, 5.74) is 0. The first-order valence-electron chi connectivity index (χ1n) is 1.53. The van der Waals surface area contributed by atoms with Gasteiger partial charge in [-0.2, -0.15) is 0 Å². The van der Waals surface area contributed by atoms with Gasteiger partial charge in [0, 0.05) is 20.8 Å². The van der Waals surface area contributed by atoms with Gasteiger partial charge in [-0.15, -0.1) is 0 Å². The third-order valence-corrected chi connectivity index (χ3v) is 0. The van der Waals surface area contributed by atoms with Crippen LogP contribution in [0.3, 0.4) is 0 Å². The average molecular weight is 274 g/mol. The molecule has 0 radical (unpaired) electrons. The second kappa shape index (κ2) is 10.5. The smallest absolute Gasteiger partial charge is 0.759 e. The molecule has 0 atom stereocenters. The molecule has 0 aliphatic heterocycles. The molecule has 0 aromatic carbocycles. The van der Waals surface area contributed by atoms with Gasteiger partial charge in [0.1, 0.15) is 0 Å². The molecular formula is H2O10S2Ti. The number of rotatable bonds is 0. The van der Waals surface area contributed by atoms with Gasteiger partial charge in [-0.25, -0.2) is 0 Å². The first-order chi connectivity index (χ1) is 5.00. The summed E-state index contributed by atoms with van der Waals surface area (Å²) >= 11 is 0. The van der Waals surface area contributed by atoms with E-state index in [1.54, 1.807) is 0 Å². The van der Waals surface area contributed by atoms with Crippen LogP contribution in [0.25, 0.3) is 0 Å². The Labute approximate surface area is 88.2 Å². The van der Waals surface area contributed by atoms with Crippen molar-refractivity contribution >= 4 is 20.8 Å². The summed E-state index contributed by atoms with van der Waals surface area (Å²) in [5.74, 6) is 0. The van der Waals surface area contributed by atoms with Gasteiger partial charge in [0.15, 0.2) is 0 Å². The van der Waals surface area contributed by atoms with E-state index in [0.29, 0.717) is 0 Å². The predicted molar refractivity (Wildman–Crippen MR) is 26.2 cm³/mol.